The highest BCUT2D eigenvalue weighted by Gasteiger charge is 2.30. The molecule has 19 heavy (non-hydrogen) atoms. The maximum atomic E-state index is 13.6. The quantitative estimate of drug-likeness (QED) is 0.670. The molecular weight excluding hydrogens is 262 g/mol. The Morgan fingerprint density at radius 1 is 1.00 bits per heavy atom. The van der Waals surface area contributed by atoms with Gasteiger partial charge >= 0.3 is 6.18 Å². The van der Waals surface area contributed by atoms with Crippen LogP contribution in [0.4, 0.5) is 17.6 Å². The Hall–Kier alpha value is -1.95. The standard InChI is InChI=1S/C13H9F4NO/c14-12-11(6-5-10(7-19)18-12)8-1-3-9(4-2-8)13(15,16)17/h1-6,19H,7H2. The van der Waals surface area contributed by atoms with Crippen LogP contribution < -0.4 is 0 Å². The van der Waals surface area contributed by atoms with Gasteiger partial charge in [-0.1, -0.05) is 12.1 Å². The maximum absolute atomic E-state index is 13.6. The Kier molecular flexibility index (Phi) is 3.53. The van der Waals surface area contributed by atoms with Crippen molar-refractivity contribution in [3.8, 4) is 11.1 Å². The Morgan fingerprint density at radius 2 is 1.63 bits per heavy atom. The summed E-state index contributed by atoms with van der Waals surface area (Å²) in [5.74, 6) is -0.827. The molecule has 0 radical (unpaired) electrons. The third-order valence-corrected chi connectivity index (χ3v) is 2.59. The Morgan fingerprint density at radius 3 is 2.11 bits per heavy atom. The van der Waals surface area contributed by atoms with Crippen molar-refractivity contribution in [1.29, 1.82) is 0 Å². The number of hydrogen-bond acceptors (Lipinski definition) is 2. The summed E-state index contributed by atoms with van der Waals surface area (Å²) in [7, 11) is 0. The predicted molar refractivity (Wildman–Crippen MR) is 60.6 cm³/mol. The molecule has 0 saturated heterocycles. The average Bonchev–Trinajstić information content (AvgIpc) is 2.37. The van der Waals surface area contributed by atoms with Gasteiger partial charge in [0.2, 0.25) is 5.95 Å². The van der Waals surface area contributed by atoms with E-state index in [1.807, 2.05) is 0 Å². The molecule has 2 nitrogen and oxygen atoms in total. The topological polar surface area (TPSA) is 33.1 Å². The maximum Gasteiger partial charge on any atom is 0.416 e. The number of nitrogens with zero attached hydrogens (tertiary/aromatic N) is 1. The highest BCUT2D eigenvalue weighted by atomic mass is 19.4. The minimum atomic E-state index is -4.42. The Bertz CT molecular complexity index is 578. The normalized spacial score (nSPS) is 11.6. The van der Waals surface area contributed by atoms with Gasteiger partial charge in [-0.3, -0.25) is 0 Å². The molecule has 0 saturated carbocycles. The van der Waals surface area contributed by atoms with Gasteiger partial charge in [-0.25, -0.2) is 4.98 Å². The zero-order chi connectivity index (χ0) is 14.0. The highest BCUT2D eigenvalue weighted by molar-refractivity contribution is 5.63. The largest absolute Gasteiger partial charge is 0.416 e. The lowest BCUT2D eigenvalue weighted by atomic mass is 10.0. The number of hydrogen-bond donors (Lipinski definition) is 1. The zero-order valence-electron chi connectivity index (χ0n) is 9.58. The molecule has 0 unspecified atom stereocenters. The van der Waals surface area contributed by atoms with Crippen LogP contribution in [0.25, 0.3) is 11.1 Å². The number of benzene rings is 1. The molecule has 0 spiro atoms. The van der Waals surface area contributed by atoms with E-state index in [1.165, 1.54) is 24.3 Å². The fraction of sp³-hybridized carbons (Fsp3) is 0.154. The van der Waals surface area contributed by atoms with Crippen LogP contribution >= 0.6 is 0 Å². The lowest BCUT2D eigenvalue weighted by Gasteiger charge is -2.08. The van der Waals surface area contributed by atoms with Crippen LogP contribution in [0.1, 0.15) is 11.3 Å². The van der Waals surface area contributed by atoms with E-state index in [-0.39, 0.29) is 11.3 Å². The second kappa shape index (κ2) is 4.97. The molecule has 0 aliphatic carbocycles. The van der Waals surface area contributed by atoms with Crippen molar-refractivity contribution in [3.63, 3.8) is 0 Å². The highest BCUT2D eigenvalue weighted by Crippen LogP contribution is 2.31. The van der Waals surface area contributed by atoms with Crippen molar-refractivity contribution in [1.82, 2.24) is 4.98 Å². The van der Waals surface area contributed by atoms with E-state index in [1.54, 1.807) is 0 Å². The summed E-state index contributed by atoms with van der Waals surface area (Å²) in [6, 6.07) is 6.92. The molecule has 0 fully saturated rings. The summed E-state index contributed by atoms with van der Waals surface area (Å²) in [5, 5.41) is 8.80. The van der Waals surface area contributed by atoms with Crippen LogP contribution in [-0.2, 0) is 12.8 Å². The summed E-state index contributed by atoms with van der Waals surface area (Å²) in [6.45, 7) is -0.399. The van der Waals surface area contributed by atoms with Crippen LogP contribution in [-0.4, -0.2) is 10.1 Å². The molecule has 0 atom stereocenters. The summed E-state index contributed by atoms with van der Waals surface area (Å²) < 4.78 is 50.8. The molecule has 1 heterocycles. The molecule has 0 bridgehead atoms. The summed E-state index contributed by atoms with van der Waals surface area (Å²) >= 11 is 0. The second-order valence-corrected chi connectivity index (χ2v) is 3.87. The summed E-state index contributed by atoms with van der Waals surface area (Å²) in [5.41, 5.74) is -0.252. The number of aliphatic hydroxyl groups excluding tert-OH is 1. The Labute approximate surface area is 106 Å². The van der Waals surface area contributed by atoms with E-state index in [4.69, 9.17) is 5.11 Å². The van der Waals surface area contributed by atoms with Crippen LogP contribution in [0.2, 0.25) is 0 Å². The molecule has 100 valence electrons. The monoisotopic (exact) mass is 271 g/mol. The molecule has 0 aliphatic rings. The van der Waals surface area contributed by atoms with Gasteiger partial charge < -0.3 is 5.11 Å². The molecule has 0 amide bonds. The lowest BCUT2D eigenvalue weighted by Crippen LogP contribution is -2.04. The molecule has 2 rings (SSSR count). The van der Waals surface area contributed by atoms with Gasteiger partial charge in [-0.05, 0) is 29.8 Å². The summed E-state index contributed by atoms with van der Waals surface area (Å²) in [6.07, 6.45) is -4.42. The van der Waals surface area contributed by atoms with Gasteiger partial charge in [0.1, 0.15) is 0 Å². The van der Waals surface area contributed by atoms with Crippen molar-refractivity contribution in [3.05, 3.63) is 53.6 Å². The van der Waals surface area contributed by atoms with Crippen LogP contribution in [0, 0.1) is 5.95 Å². The lowest BCUT2D eigenvalue weighted by molar-refractivity contribution is -0.137. The molecule has 1 aromatic heterocycles. The number of pyridine rings is 1. The molecule has 2 aromatic rings. The van der Waals surface area contributed by atoms with Crippen molar-refractivity contribution in [2.75, 3.05) is 0 Å². The van der Waals surface area contributed by atoms with E-state index in [0.717, 1.165) is 12.1 Å². The second-order valence-electron chi connectivity index (χ2n) is 3.87. The van der Waals surface area contributed by atoms with Crippen LogP contribution in [0.5, 0.6) is 0 Å². The van der Waals surface area contributed by atoms with Crippen LogP contribution in [0.15, 0.2) is 36.4 Å². The third-order valence-electron chi connectivity index (χ3n) is 2.59. The summed E-state index contributed by atoms with van der Waals surface area (Å²) in [4.78, 5) is 3.50. The van der Waals surface area contributed by atoms with Gasteiger partial charge in [0, 0.05) is 5.56 Å². The minimum Gasteiger partial charge on any atom is -0.390 e. The first-order valence-corrected chi connectivity index (χ1v) is 5.35. The van der Waals surface area contributed by atoms with Crippen molar-refractivity contribution >= 4 is 0 Å². The van der Waals surface area contributed by atoms with E-state index in [0.29, 0.717) is 5.56 Å². The van der Waals surface area contributed by atoms with Crippen molar-refractivity contribution < 1.29 is 22.7 Å². The third kappa shape index (κ3) is 2.90. The van der Waals surface area contributed by atoms with Crippen molar-refractivity contribution in [2.24, 2.45) is 0 Å². The predicted octanol–water partition coefficient (Wildman–Crippen LogP) is 3.40. The fourth-order valence-electron chi connectivity index (χ4n) is 1.61. The smallest absolute Gasteiger partial charge is 0.390 e. The van der Waals surface area contributed by atoms with Gasteiger partial charge in [0.15, 0.2) is 0 Å². The van der Waals surface area contributed by atoms with Gasteiger partial charge in [0.05, 0.1) is 17.9 Å². The zero-order valence-corrected chi connectivity index (χ0v) is 9.58. The molecular formula is C13H9F4NO. The number of halogens is 4. The van der Waals surface area contributed by atoms with Crippen LogP contribution in [0.3, 0.4) is 0 Å². The first-order chi connectivity index (χ1) is 8.91. The number of aromatic nitrogens is 1. The molecule has 1 N–H and O–H groups in total. The first kappa shape index (κ1) is 13.5. The van der Waals surface area contributed by atoms with Gasteiger partial charge in [-0.15, -0.1) is 0 Å². The number of aliphatic hydroxyl groups is 1. The van der Waals surface area contributed by atoms with E-state index in [2.05, 4.69) is 4.98 Å². The van der Waals surface area contributed by atoms with Crippen molar-refractivity contribution in [2.45, 2.75) is 12.8 Å². The number of rotatable bonds is 2. The average molecular weight is 271 g/mol. The number of alkyl halides is 3. The minimum absolute atomic E-state index is 0.0888. The fourth-order valence-corrected chi connectivity index (χ4v) is 1.61. The first-order valence-electron chi connectivity index (χ1n) is 5.35. The van der Waals surface area contributed by atoms with E-state index in [9.17, 15) is 17.6 Å². The molecule has 1 aromatic carbocycles. The van der Waals surface area contributed by atoms with E-state index >= 15 is 0 Å². The van der Waals surface area contributed by atoms with Gasteiger partial charge in [0.25, 0.3) is 0 Å². The molecule has 0 aliphatic heterocycles. The van der Waals surface area contributed by atoms with Gasteiger partial charge in [-0.2, -0.15) is 17.6 Å². The SMILES string of the molecule is OCc1ccc(-c2ccc(C(F)(F)F)cc2)c(F)n1. The van der Waals surface area contributed by atoms with E-state index < -0.39 is 24.3 Å². The molecule has 6 heteroatoms. The Balaban J connectivity index is 2.37.